The highest BCUT2D eigenvalue weighted by atomic mass is 32.2. The average molecular weight is 715 g/mol. The second-order valence-corrected chi connectivity index (χ2v) is 22.2. The van der Waals surface area contributed by atoms with E-state index in [0.717, 1.165) is 33.4 Å². The van der Waals surface area contributed by atoms with E-state index >= 15 is 0 Å². The fourth-order valence-electron chi connectivity index (χ4n) is 5.15. The predicted molar refractivity (Wildman–Crippen MR) is 190 cm³/mol. The molecule has 4 rings (SSSR count). The number of benzene rings is 3. The lowest BCUT2D eigenvalue weighted by atomic mass is 10.0. The molecule has 1 heterocycles. The molecule has 1 atom stereocenters. The van der Waals surface area contributed by atoms with Gasteiger partial charge in [-0.1, -0.05) is 94.0 Å². The van der Waals surface area contributed by atoms with Crippen LogP contribution in [0.15, 0.2) is 83.8 Å². The molecule has 260 valence electrons. The monoisotopic (exact) mass is 714 g/mol. The Bertz CT molecular complexity index is 1770. The highest BCUT2D eigenvalue weighted by molar-refractivity contribution is 7.91. The summed E-state index contributed by atoms with van der Waals surface area (Å²) in [6, 6.07) is 21.4. The maximum atomic E-state index is 13.7. The standard InChI is InChI=1S/C34H46N4O7S2Si/c1-5-6-13-20-35-34(40)30(36-46(41,42)29-16-11-8-12-17-29)23-28-18-19-31(32(24-28)45-26-27-14-9-7-10-15-27)38-25-33(39)37(47(38,43)44)21-22-48(2,3)4/h7-12,14-19,24,30,36H,5-6,13,20-23,25-26H2,1-4H3,(H,35,40). The fourth-order valence-corrected chi connectivity index (χ4v) is 8.97. The first kappa shape index (κ1) is 37.1. The smallest absolute Gasteiger partial charge is 0.329 e. The van der Waals surface area contributed by atoms with E-state index in [9.17, 15) is 26.4 Å². The van der Waals surface area contributed by atoms with Gasteiger partial charge in [0.25, 0.3) is 5.91 Å². The third kappa shape index (κ3) is 9.90. The van der Waals surface area contributed by atoms with Crippen LogP contribution in [-0.4, -0.2) is 66.7 Å². The maximum Gasteiger partial charge on any atom is 0.329 e. The van der Waals surface area contributed by atoms with Crippen LogP contribution in [0, 0.1) is 0 Å². The summed E-state index contributed by atoms with van der Waals surface area (Å²) < 4.78 is 64.7. The van der Waals surface area contributed by atoms with E-state index in [4.69, 9.17) is 4.74 Å². The molecule has 1 fully saturated rings. The first-order valence-corrected chi connectivity index (χ1v) is 22.8. The number of rotatable bonds is 17. The van der Waals surface area contributed by atoms with Crippen LogP contribution >= 0.6 is 0 Å². The van der Waals surface area contributed by atoms with Gasteiger partial charge in [-0.15, -0.1) is 0 Å². The van der Waals surface area contributed by atoms with Crippen molar-refractivity contribution in [2.24, 2.45) is 0 Å². The first-order chi connectivity index (χ1) is 22.7. The molecule has 0 aromatic heterocycles. The van der Waals surface area contributed by atoms with Crippen molar-refractivity contribution in [3.63, 3.8) is 0 Å². The third-order valence-electron chi connectivity index (χ3n) is 7.90. The number of hydrogen-bond acceptors (Lipinski definition) is 7. The highest BCUT2D eigenvalue weighted by Gasteiger charge is 2.44. The molecule has 3 aromatic rings. The number of carbonyl (C=O) groups is 2. The minimum atomic E-state index is -4.17. The Hall–Kier alpha value is -3.72. The molecule has 0 bridgehead atoms. The van der Waals surface area contributed by atoms with Gasteiger partial charge in [0.1, 0.15) is 24.9 Å². The van der Waals surface area contributed by atoms with Crippen molar-refractivity contribution in [2.45, 2.75) is 75.8 Å². The van der Waals surface area contributed by atoms with Crippen LogP contribution in [-0.2, 0) is 42.8 Å². The number of hydrogen-bond donors (Lipinski definition) is 2. The lowest BCUT2D eigenvalue weighted by Gasteiger charge is -2.24. The zero-order valence-electron chi connectivity index (χ0n) is 28.0. The topological polar surface area (TPSA) is 142 Å². The number of nitrogens with one attached hydrogen (secondary N) is 2. The molecule has 2 N–H and O–H groups in total. The number of sulfonamides is 1. The zero-order chi connectivity index (χ0) is 35.0. The number of amides is 2. The molecule has 14 heteroatoms. The summed E-state index contributed by atoms with van der Waals surface area (Å²) in [6.07, 6.45) is 2.60. The molecular weight excluding hydrogens is 669 g/mol. The van der Waals surface area contributed by atoms with Crippen LogP contribution in [0.3, 0.4) is 0 Å². The number of anilines is 1. The minimum absolute atomic E-state index is 0.0265. The summed E-state index contributed by atoms with van der Waals surface area (Å²) in [5.74, 6) is -0.804. The van der Waals surface area contributed by atoms with Crippen LogP contribution in [0.25, 0.3) is 0 Å². The molecular formula is C34H46N4O7S2Si. The van der Waals surface area contributed by atoms with E-state index in [1.807, 2.05) is 37.3 Å². The van der Waals surface area contributed by atoms with E-state index in [-0.39, 0.29) is 42.4 Å². The van der Waals surface area contributed by atoms with Gasteiger partial charge in [0.2, 0.25) is 15.9 Å². The van der Waals surface area contributed by atoms with E-state index < -0.39 is 46.2 Å². The molecule has 2 amide bonds. The van der Waals surface area contributed by atoms with Crippen molar-refractivity contribution in [1.82, 2.24) is 14.3 Å². The second kappa shape index (κ2) is 16.1. The Morgan fingerprint density at radius 3 is 2.27 bits per heavy atom. The van der Waals surface area contributed by atoms with Crippen LogP contribution in [0.4, 0.5) is 5.69 Å². The van der Waals surface area contributed by atoms with Gasteiger partial charge in [0.05, 0.1) is 10.6 Å². The average Bonchev–Trinajstić information content (AvgIpc) is 3.27. The van der Waals surface area contributed by atoms with Gasteiger partial charge in [0.15, 0.2) is 0 Å². The number of ether oxygens (including phenoxy) is 1. The van der Waals surface area contributed by atoms with E-state index in [0.29, 0.717) is 18.2 Å². The zero-order valence-corrected chi connectivity index (χ0v) is 30.6. The van der Waals surface area contributed by atoms with Crippen LogP contribution in [0.5, 0.6) is 5.75 Å². The van der Waals surface area contributed by atoms with Crippen LogP contribution in [0.1, 0.15) is 37.3 Å². The maximum absolute atomic E-state index is 13.7. The summed E-state index contributed by atoms with van der Waals surface area (Å²) in [5, 5.41) is 2.85. The molecule has 1 aliphatic rings. The quantitative estimate of drug-likeness (QED) is 0.153. The molecule has 0 radical (unpaired) electrons. The van der Waals surface area contributed by atoms with E-state index in [1.165, 1.54) is 12.1 Å². The molecule has 0 aliphatic carbocycles. The summed E-state index contributed by atoms with van der Waals surface area (Å²) in [7, 11) is -9.87. The summed E-state index contributed by atoms with van der Waals surface area (Å²) in [5.41, 5.74) is 1.56. The molecule has 1 aliphatic heterocycles. The molecule has 11 nitrogen and oxygen atoms in total. The van der Waals surface area contributed by atoms with Gasteiger partial charge in [-0.2, -0.15) is 13.1 Å². The Morgan fingerprint density at radius 1 is 0.958 bits per heavy atom. The number of unbranched alkanes of at least 4 members (excludes halogenated alkanes) is 2. The van der Waals surface area contributed by atoms with Gasteiger partial charge in [-0.05, 0) is 54.3 Å². The fraction of sp³-hybridized carbons (Fsp3) is 0.412. The summed E-state index contributed by atoms with van der Waals surface area (Å²) >= 11 is 0. The van der Waals surface area contributed by atoms with Gasteiger partial charge in [0, 0.05) is 21.2 Å². The Kier molecular flexibility index (Phi) is 12.5. The number of carbonyl (C=O) groups excluding carboxylic acids is 2. The van der Waals surface area contributed by atoms with Gasteiger partial charge in [-0.3, -0.25) is 9.59 Å². The SMILES string of the molecule is CCCCCNC(=O)C(Cc1ccc(N2CC(=O)N(CC[Si](C)(C)C)S2(=O)=O)c(OCc2ccccc2)c1)NS(=O)(=O)c1ccccc1. The number of nitrogens with zero attached hydrogens (tertiary/aromatic N) is 2. The van der Waals surface area contributed by atoms with Gasteiger partial charge in [-0.25, -0.2) is 17.0 Å². The first-order valence-electron chi connectivity index (χ1n) is 16.2. The van der Waals surface area contributed by atoms with E-state index in [1.54, 1.807) is 36.4 Å². The summed E-state index contributed by atoms with van der Waals surface area (Å²) in [6.45, 7) is 8.65. The minimum Gasteiger partial charge on any atom is -0.487 e. The van der Waals surface area contributed by atoms with Crippen LogP contribution < -0.4 is 19.1 Å². The molecule has 0 spiro atoms. The molecule has 48 heavy (non-hydrogen) atoms. The van der Waals surface area contributed by atoms with Crippen molar-refractivity contribution in [3.8, 4) is 5.75 Å². The molecule has 1 saturated heterocycles. The van der Waals surface area contributed by atoms with Crippen LogP contribution in [0.2, 0.25) is 25.7 Å². The Balaban J connectivity index is 1.67. The van der Waals surface area contributed by atoms with Crippen molar-refractivity contribution >= 4 is 45.8 Å². The van der Waals surface area contributed by atoms with Gasteiger partial charge < -0.3 is 10.1 Å². The highest BCUT2D eigenvalue weighted by Crippen LogP contribution is 2.36. The molecule has 0 saturated carbocycles. The van der Waals surface area contributed by atoms with Crippen molar-refractivity contribution in [3.05, 3.63) is 90.0 Å². The second-order valence-electron chi connectivity index (χ2n) is 13.1. The summed E-state index contributed by atoms with van der Waals surface area (Å²) in [4.78, 5) is 26.4. The lowest BCUT2D eigenvalue weighted by molar-refractivity contribution is -0.124. The lowest BCUT2D eigenvalue weighted by Crippen LogP contribution is -2.48. The van der Waals surface area contributed by atoms with E-state index in [2.05, 4.69) is 29.7 Å². The third-order valence-corrected chi connectivity index (χ3v) is 12.9. The Morgan fingerprint density at radius 2 is 1.62 bits per heavy atom. The van der Waals surface area contributed by atoms with Crippen molar-refractivity contribution in [1.29, 1.82) is 0 Å². The predicted octanol–water partition coefficient (Wildman–Crippen LogP) is 4.69. The largest absolute Gasteiger partial charge is 0.487 e. The van der Waals surface area contributed by atoms with Gasteiger partial charge >= 0.3 is 10.2 Å². The van der Waals surface area contributed by atoms with Crippen molar-refractivity contribution < 1.29 is 31.2 Å². The Labute approximate surface area is 285 Å². The molecule has 1 unspecified atom stereocenters. The normalized spacial score (nSPS) is 15.4. The van der Waals surface area contributed by atoms with Crippen molar-refractivity contribution in [2.75, 3.05) is 23.9 Å². The molecule has 3 aromatic carbocycles.